The molecule has 6 heteroatoms. The smallest absolute Gasteiger partial charge is 0.306 e. The molecule has 1 atom stereocenters. The molecule has 0 aliphatic rings. The second kappa shape index (κ2) is 55.9. The molecule has 0 N–H and O–H groups in total. The largest absolute Gasteiger partial charge is 0.462 e. The van der Waals surface area contributed by atoms with Crippen molar-refractivity contribution in [2.24, 2.45) is 0 Å². The van der Waals surface area contributed by atoms with Gasteiger partial charge < -0.3 is 14.2 Å². The van der Waals surface area contributed by atoms with Crippen LogP contribution in [0.3, 0.4) is 0 Å². The van der Waals surface area contributed by atoms with Gasteiger partial charge in [0.25, 0.3) is 0 Å². The molecule has 0 aromatic rings. The average Bonchev–Trinajstić information content (AvgIpc) is 3.34. The zero-order chi connectivity index (χ0) is 49.3. The molecule has 0 heterocycles. The molecular weight excluding hydrogens is 841 g/mol. The molecule has 0 saturated carbocycles. The molecule has 0 radical (unpaired) electrons. The van der Waals surface area contributed by atoms with Crippen molar-refractivity contribution in [3.8, 4) is 0 Å². The van der Waals surface area contributed by atoms with Gasteiger partial charge in [0, 0.05) is 19.3 Å². The first-order chi connectivity index (χ1) is 33.5. The zero-order valence-corrected chi connectivity index (χ0v) is 44.3. The van der Waals surface area contributed by atoms with Gasteiger partial charge in [-0.2, -0.15) is 0 Å². The third kappa shape index (κ3) is 53.3. The highest BCUT2D eigenvalue weighted by atomic mass is 16.6. The number of esters is 3. The van der Waals surface area contributed by atoms with E-state index >= 15 is 0 Å². The van der Waals surface area contributed by atoms with Crippen LogP contribution >= 0.6 is 0 Å². The van der Waals surface area contributed by atoms with Crippen molar-refractivity contribution >= 4 is 17.9 Å². The standard InChI is InChI=1S/C62H104O6/c1-4-7-10-13-16-19-22-25-28-30-31-32-35-37-40-43-46-49-52-55-61(64)67-58-59(57-66-60(63)54-51-48-45-42-39-36-33-27-24-21-18-15-12-9-6-3)68-62(65)56-53-50-47-44-41-38-34-29-26-23-20-17-14-11-8-5-2/h8,11,16-17,19-22,24-26,29,38,41,47,50,59H,4-7,9-10,12-15,18,23,27-28,30-37,39-40,42-46,48-49,51-58H2,1-3H3/b11-8-,19-16-,20-17-,24-21-,25-22-,29-26-,41-38-,50-47-. The van der Waals surface area contributed by atoms with E-state index in [4.69, 9.17) is 14.2 Å². The van der Waals surface area contributed by atoms with Gasteiger partial charge in [0.1, 0.15) is 13.2 Å². The third-order valence-corrected chi connectivity index (χ3v) is 11.8. The Morgan fingerprint density at radius 2 is 0.647 bits per heavy atom. The van der Waals surface area contributed by atoms with Crippen LogP contribution < -0.4 is 0 Å². The minimum absolute atomic E-state index is 0.110. The van der Waals surface area contributed by atoms with Gasteiger partial charge in [-0.15, -0.1) is 0 Å². The summed E-state index contributed by atoms with van der Waals surface area (Å²) >= 11 is 0. The van der Waals surface area contributed by atoms with E-state index in [9.17, 15) is 14.4 Å². The van der Waals surface area contributed by atoms with Gasteiger partial charge in [-0.25, -0.2) is 0 Å². The monoisotopic (exact) mass is 945 g/mol. The first-order valence-corrected chi connectivity index (χ1v) is 28.3. The van der Waals surface area contributed by atoms with Gasteiger partial charge >= 0.3 is 17.9 Å². The summed E-state index contributed by atoms with van der Waals surface area (Å²) in [4.78, 5) is 38.1. The average molecular weight is 946 g/mol. The Hall–Kier alpha value is -3.67. The summed E-state index contributed by atoms with van der Waals surface area (Å²) in [7, 11) is 0. The predicted molar refractivity (Wildman–Crippen MR) is 293 cm³/mol. The van der Waals surface area contributed by atoms with Crippen LogP contribution in [0.15, 0.2) is 97.2 Å². The van der Waals surface area contributed by atoms with Crippen molar-refractivity contribution in [1.29, 1.82) is 0 Å². The third-order valence-electron chi connectivity index (χ3n) is 11.8. The lowest BCUT2D eigenvalue weighted by Gasteiger charge is -2.18. The number of allylic oxidation sites excluding steroid dienone is 16. The van der Waals surface area contributed by atoms with Gasteiger partial charge in [0.15, 0.2) is 6.10 Å². The fraction of sp³-hybridized carbons (Fsp3) is 0.694. The molecule has 0 aromatic heterocycles. The van der Waals surface area contributed by atoms with Crippen molar-refractivity contribution < 1.29 is 28.6 Å². The Labute approximate surface area is 419 Å². The Morgan fingerprint density at radius 1 is 0.324 bits per heavy atom. The van der Waals surface area contributed by atoms with Gasteiger partial charge in [-0.1, -0.05) is 234 Å². The highest BCUT2D eigenvalue weighted by Crippen LogP contribution is 2.14. The van der Waals surface area contributed by atoms with E-state index in [1.54, 1.807) is 0 Å². The van der Waals surface area contributed by atoms with Crippen molar-refractivity contribution in [1.82, 2.24) is 0 Å². The van der Waals surface area contributed by atoms with Crippen LogP contribution in [-0.4, -0.2) is 37.2 Å². The molecule has 0 fully saturated rings. The molecule has 6 nitrogen and oxygen atoms in total. The van der Waals surface area contributed by atoms with Crippen molar-refractivity contribution in [2.75, 3.05) is 13.2 Å². The van der Waals surface area contributed by atoms with Crippen LogP contribution in [0, 0.1) is 0 Å². The molecule has 0 aromatic carbocycles. The number of carbonyl (C=O) groups excluding carboxylic acids is 3. The van der Waals surface area contributed by atoms with Crippen LogP contribution in [0.2, 0.25) is 0 Å². The lowest BCUT2D eigenvalue weighted by Crippen LogP contribution is -2.30. The fourth-order valence-electron chi connectivity index (χ4n) is 7.59. The second-order valence-electron chi connectivity index (χ2n) is 18.5. The molecule has 0 aliphatic heterocycles. The van der Waals surface area contributed by atoms with Crippen LogP contribution in [0.4, 0.5) is 0 Å². The molecule has 68 heavy (non-hydrogen) atoms. The van der Waals surface area contributed by atoms with Crippen molar-refractivity contribution in [2.45, 2.75) is 264 Å². The SMILES string of the molecule is CC/C=C\C/C=C\C/C=C\C/C=C\C/C=C\CCC(=O)OC(COC(=O)CCCCCCCCC/C=C\CCCCCC)COC(=O)CCCCCCCCCCCC/C=C\C=C/CCCCC. The normalized spacial score (nSPS) is 12.8. The summed E-state index contributed by atoms with van der Waals surface area (Å²) < 4.78 is 16.8. The van der Waals surface area contributed by atoms with Gasteiger partial charge in [-0.05, 0) is 103 Å². The fourth-order valence-corrected chi connectivity index (χ4v) is 7.59. The van der Waals surface area contributed by atoms with Crippen LogP contribution in [0.1, 0.15) is 258 Å². The van der Waals surface area contributed by atoms with Crippen LogP contribution in [0.5, 0.6) is 0 Å². The first-order valence-electron chi connectivity index (χ1n) is 28.3. The quantitative estimate of drug-likeness (QED) is 0.0199. The predicted octanol–water partition coefficient (Wildman–Crippen LogP) is 18.9. The Morgan fingerprint density at radius 3 is 1.07 bits per heavy atom. The Balaban J connectivity index is 4.48. The maximum atomic E-state index is 12.8. The van der Waals surface area contributed by atoms with Gasteiger partial charge in [-0.3, -0.25) is 14.4 Å². The molecule has 0 rings (SSSR count). The second-order valence-corrected chi connectivity index (χ2v) is 18.5. The molecule has 0 saturated heterocycles. The molecule has 1 unspecified atom stereocenters. The molecule has 0 spiro atoms. The van der Waals surface area contributed by atoms with Crippen LogP contribution in [0.25, 0.3) is 0 Å². The summed E-state index contributed by atoms with van der Waals surface area (Å²) in [6.07, 6.45) is 74.0. The minimum Gasteiger partial charge on any atom is -0.462 e. The summed E-state index contributed by atoms with van der Waals surface area (Å²) in [5.41, 5.74) is 0. The number of unbranched alkanes of at least 4 members (excludes halogenated alkanes) is 24. The molecule has 0 aliphatic carbocycles. The van der Waals surface area contributed by atoms with Gasteiger partial charge in [0.2, 0.25) is 0 Å². The van der Waals surface area contributed by atoms with E-state index in [2.05, 4.69) is 106 Å². The maximum Gasteiger partial charge on any atom is 0.306 e. The molecule has 0 amide bonds. The lowest BCUT2D eigenvalue weighted by atomic mass is 10.1. The number of hydrogen-bond donors (Lipinski definition) is 0. The topological polar surface area (TPSA) is 78.9 Å². The summed E-state index contributed by atoms with van der Waals surface area (Å²) in [6, 6.07) is 0. The number of ether oxygens (including phenoxy) is 3. The number of carbonyl (C=O) groups is 3. The van der Waals surface area contributed by atoms with E-state index in [0.717, 1.165) is 70.6 Å². The summed E-state index contributed by atoms with van der Waals surface area (Å²) in [6.45, 7) is 6.42. The molecular formula is C62H104O6. The summed E-state index contributed by atoms with van der Waals surface area (Å²) in [5.74, 6) is -1.000. The maximum absolute atomic E-state index is 12.8. The van der Waals surface area contributed by atoms with E-state index in [1.807, 2.05) is 12.2 Å². The first kappa shape index (κ1) is 64.3. The minimum atomic E-state index is -0.821. The van der Waals surface area contributed by atoms with E-state index in [-0.39, 0.29) is 31.6 Å². The van der Waals surface area contributed by atoms with E-state index < -0.39 is 12.1 Å². The Kier molecular flexibility index (Phi) is 52.9. The Bertz CT molecular complexity index is 1360. The lowest BCUT2D eigenvalue weighted by molar-refractivity contribution is -0.166. The van der Waals surface area contributed by atoms with Crippen molar-refractivity contribution in [3.05, 3.63) is 97.2 Å². The summed E-state index contributed by atoms with van der Waals surface area (Å²) in [5, 5.41) is 0. The zero-order valence-electron chi connectivity index (χ0n) is 44.3. The molecule has 388 valence electrons. The van der Waals surface area contributed by atoms with E-state index in [1.165, 1.54) is 141 Å². The molecule has 0 bridgehead atoms. The van der Waals surface area contributed by atoms with Crippen molar-refractivity contribution in [3.63, 3.8) is 0 Å². The number of rotatable bonds is 50. The van der Waals surface area contributed by atoms with Gasteiger partial charge in [0.05, 0.1) is 0 Å². The highest BCUT2D eigenvalue weighted by molar-refractivity contribution is 5.71. The highest BCUT2D eigenvalue weighted by Gasteiger charge is 2.19. The number of hydrogen-bond acceptors (Lipinski definition) is 6. The van der Waals surface area contributed by atoms with E-state index in [0.29, 0.717) is 19.3 Å². The van der Waals surface area contributed by atoms with Crippen LogP contribution in [-0.2, 0) is 28.6 Å².